The van der Waals surface area contributed by atoms with Gasteiger partial charge in [0.05, 0.1) is 0 Å². The normalized spacial score (nSPS) is 16.2. The molecule has 0 unspecified atom stereocenters. The van der Waals surface area contributed by atoms with E-state index in [-0.39, 0.29) is 0 Å². The van der Waals surface area contributed by atoms with Crippen molar-refractivity contribution in [3.63, 3.8) is 0 Å². The third-order valence-corrected chi connectivity index (χ3v) is 5.04. The summed E-state index contributed by atoms with van der Waals surface area (Å²) < 4.78 is 1.87. The molecule has 0 aliphatic carbocycles. The molecule has 1 aliphatic heterocycles. The number of aromatic nitrogens is 4. The molecule has 3 aromatic rings. The maximum atomic E-state index is 4.62. The van der Waals surface area contributed by atoms with Crippen LogP contribution in [0, 0.1) is 6.92 Å². The average Bonchev–Trinajstić information content (AvgIpc) is 3.35. The fourth-order valence-corrected chi connectivity index (χ4v) is 3.60. The van der Waals surface area contributed by atoms with Gasteiger partial charge in [-0.05, 0) is 68.6 Å². The van der Waals surface area contributed by atoms with Crippen molar-refractivity contribution < 1.29 is 0 Å². The second kappa shape index (κ2) is 6.76. The Morgan fingerprint density at radius 2 is 1.80 bits per heavy atom. The number of aryl methyl sites for hydroxylation is 1. The van der Waals surface area contributed by atoms with Gasteiger partial charge in [0.1, 0.15) is 18.5 Å². The molecule has 2 aromatic heterocycles. The van der Waals surface area contributed by atoms with Crippen LogP contribution < -0.4 is 0 Å². The Morgan fingerprint density at radius 1 is 1.04 bits per heavy atom. The Labute approximate surface area is 148 Å². The molecule has 3 heterocycles. The van der Waals surface area contributed by atoms with E-state index >= 15 is 0 Å². The van der Waals surface area contributed by atoms with E-state index in [0.717, 1.165) is 16.9 Å². The molecule has 128 valence electrons. The van der Waals surface area contributed by atoms with Gasteiger partial charge >= 0.3 is 0 Å². The van der Waals surface area contributed by atoms with Crippen LogP contribution >= 0.6 is 0 Å². The van der Waals surface area contributed by atoms with E-state index in [9.17, 15) is 0 Å². The maximum Gasteiger partial charge on any atom is 0.147 e. The Balaban J connectivity index is 1.75. The van der Waals surface area contributed by atoms with Crippen molar-refractivity contribution in [2.75, 3.05) is 13.1 Å². The van der Waals surface area contributed by atoms with Crippen LogP contribution in [0.1, 0.15) is 36.9 Å². The highest BCUT2D eigenvalue weighted by atomic mass is 15.2. The van der Waals surface area contributed by atoms with Gasteiger partial charge in [-0.2, -0.15) is 0 Å². The molecule has 0 N–H and O–H groups in total. The van der Waals surface area contributed by atoms with Gasteiger partial charge in [-0.1, -0.05) is 18.2 Å². The minimum atomic E-state index is 0.443. The fraction of sp³-hybridized carbons (Fsp3) is 0.350. The van der Waals surface area contributed by atoms with Crippen LogP contribution in [0.2, 0.25) is 0 Å². The summed E-state index contributed by atoms with van der Waals surface area (Å²) in [7, 11) is 0. The molecular formula is C20H23N5. The minimum Gasteiger partial charge on any atom is -0.297 e. The van der Waals surface area contributed by atoms with E-state index in [1.54, 1.807) is 12.7 Å². The molecule has 5 heteroatoms. The Kier molecular flexibility index (Phi) is 4.32. The number of hydrogen-bond acceptors (Lipinski definition) is 4. The highest BCUT2D eigenvalue weighted by Gasteiger charge is 2.20. The predicted octanol–water partition coefficient (Wildman–Crippen LogP) is 3.79. The van der Waals surface area contributed by atoms with E-state index in [1.807, 2.05) is 10.8 Å². The van der Waals surface area contributed by atoms with Gasteiger partial charge in [-0.15, -0.1) is 10.2 Å². The van der Waals surface area contributed by atoms with E-state index < -0.39 is 0 Å². The van der Waals surface area contributed by atoms with Crippen LogP contribution in [0.3, 0.4) is 0 Å². The molecule has 1 aromatic carbocycles. The zero-order valence-corrected chi connectivity index (χ0v) is 14.8. The summed E-state index contributed by atoms with van der Waals surface area (Å²) in [6.45, 7) is 6.77. The molecule has 1 atom stereocenters. The van der Waals surface area contributed by atoms with Crippen LogP contribution in [0.5, 0.6) is 0 Å². The highest BCUT2D eigenvalue weighted by Crippen LogP contribution is 2.31. The van der Waals surface area contributed by atoms with Gasteiger partial charge in [0.15, 0.2) is 0 Å². The summed E-state index contributed by atoms with van der Waals surface area (Å²) in [5, 5.41) is 7.84. The predicted molar refractivity (Wildman–Crippen MR) is 98.5 cm³/mol. The topological polar surface area (TPSA) is 46.8 Å². The molecule has 0 spiro atoms. The average molecular weight is 333 g/mol. The first-order valence-electron chi connectivity index (χ1n) is 8.88. The fourth-order valence-electron chi connectivity index (χ4n) is 3.60. The van der Waals surface area contributed by atoms with Crippen LogP contribution in [-0.2, 0) is 0 Å². The number of benzene rings is 1. The van der Waals surface area contributed by atoms with Crippen LogP contribution in [0.25, 0.3) is 16.9 Å². The first-order valence-corrected chi connectivity index (χ1v) is 8.88. The summed E-state index contributed by atoms with van der Waals surface area (Å²) >= 11 is 0. The number of likely N-dealkylation sites (tertiary alicyclic amines) is 1. The Bertz CT molecular complexity index is 850. The zero-order valence-electron chi connectivity index (χ0n) is 14.8. The van der Waals surface area contributed by atoms with Crippen molar-refractivity contribution in [2.45, 2.75) is 32.7 Å². The van der Waals surface area contributed by atoms with Crippen molar-refractivity contribution in [2.24, 2.45) is 0 Å². The van der Waals surface area contributed by atoms with E-state index in [1.165, 1.54) is 37.1 Å². The smallest absolute Gasteiger partial charge is 0.147 e. The first-order chi connectivity index (χ1) is 12.2. The molecule has 0 saturated carbocycles. The monoisotopic (exact) mass is 333 g/mol. The lowest BCUT2D eigenvalue weighted by Gasteiger charge is -2.24. The molecule has 5 nitrogen and oxygen atoms in total. The molecule has 0 radical (unpaired) electrons. The summed E-state index contributed by atoms with van der Waals surface area (Å²) in [5.41, 5.74) is 4.79. The molecule has 0 amide bonds. The lowest BCUT2D eigenvalue weighted by Crippen LogP contribution is -2.23. The Hall–Kier alpha value is -2.53. The van der Waals surface area contributed by atoms with Gasteiger partial charge in [-0.3, -0.25) is 9.47 Å². The largest absolute Gasteiger partial charge is 0.297 e. The van der Waals surface area contributed by atoms with Crippen LogP contribution in [-0.4, -0.2) is 37.7 Å². The highest BCUT2D eigenvalue weighted by molar-refractivity contribution is 5.72. The molecule has 25 heavy (non-hydrogen) atoms. The first kappa shape index (κ1) is 16.0. The number of hydrogen-bond donors (Lipinski definition) is 0. The SMILES string of the molecule is Cc1cnc(-n2cnnc2)c(-c2cccc([C@H](C)N3CCCC3)c2)c1. The van der Waals surface area contributed by atoms with Gasteiger partial charge in [0, 0.05) is 17.8 Å². The molecule has 0 bridgehead atoms. The number of rotatable bonds is 4. The van der Waals surface area contributed by atoms with Gasteiger partial charge in [-0.25, -0.2) is 4.98 Å². The van der Waals surface area contributed by atoms with Crippen molar-refractivity contribution in [3.05, 3.63) is 60.3 Å². The molecule has 1 saturated heterocycles. The third kappa shape index (κ3) is 3.20. The van der Waals surface area contributed by atoms with Gasteiger partial charge in [0.2, 0.25) is 0 Å². The summed E-state index contributed by atoms with van der Waals surface area (Å²) in [4.78, 5) is 7.19. The Morgan fingerprint density at radius 3 is 2.56 bits per heavy atom. The van der Waals surface area contributed by atoms with Crippen LogP contribution in [0.15, 0.2) is 49.2 Å². The second-order valence-corrected chi connectivity index (χ2v) is 6.80. The van der Waals surface area contributed by atoms with E-state index in [4.69, 9.17) is 0 Å². The van der Waals surface area contributed by atoms with E-state index in [2.05, 4.69) is 64.3 Å². The zero-order chi connectivity index (χ0) is 17.2. The van der Waals surface area contributed by atoms with Crippen molar-refractivity contribution >= 4 is 0 Å². The molecule has 1 fully saturated rings. The van der Waals surface area contributed by atoms with Gasteiger partial charge in [0.25, 0.3) is 0 Å². The lowest BCUT2D eigenvalue weighted by atomic mass is 9.99. The van der Waals surface area contributed by atoms with E-state index in [0.29, 0.717) is 6.04 Å². The maximum absolute atomic E-state index is 4.62. The summed E-state index contributed by atoms with van der Waals surface area (Å²) in [5.74, 6) is 0.863. The number of nitrogens with zero attached hydrogens (tertiary/aromatic N) is 5. The molecule has 4 rings (SSSR count). The van der Waals surface area contributed by atoms with Crippen molar-refractivity contribution in [3.8, 4) is 16.9 Å². The third-order valence-electron chi connectivity index (χ3n) is 5.04. The van der Waals surface area contributed by atoms with Gasteiger partial charge < -0.3 is 0 Å². The molecular weight excluding hydrogens is 310 g/mol. The second-order valence-electron chi connectivity index (χ2n) is 6.80. The lowest BCUT2D eigenvalue weighted by molar-refractivity contribution is 0.263. The summed E-state index contributed by atoms with van der Waals surface area (Å²) in [6.07, 6.45) is 7.89. The van der Waals surface area contributed by atoms with Crippen LogP contribution in [0.4, 0.5) is 0 Å². The summed E-state index contributed by atoms with van der Waals surface area (Å²) in [6, 6.07) is 11.5. The van der Waals surface area contributed by atoms with Crippen molar-refractivity contribution in [1.82, 2.24) is 24.6 Å². The molecule has 1 aliphatic rings. The number of pyridine rings is 1. The van der Waals surface area contributed by atoms with Crippen molar-refractivity contribution in [1.29, 1.82) is 0 Å². The quantitative estimate of drug-likeness (QED) is 0.729. The standard InChI is InChI=1S/C20H23N5/c1-15-10-19(20(21-12-15)25-13-22-23-14-25)18-7-5-6-17(11-18)16(2)24-8-3-4-9-24/h5-7,10-14,16H,3-4,8-9H2,1-2H3/t16-/m0/s1. The minimum absolute atomic E-state index is 0.443.